The molecule has 14 heavy (non-hydrogen) atoms. The highest BCUT2D eigenvalue weighted by Gasteiger charge is 2.07. The van der Waals surface area contributed by atoms with E-state index in [-0.39, 0.29) is 12.2 Å². The summed E-state index contributed by atoms with van der Waals surface area (Å²) in [5, 5.41) is 11.0. The van der Waals surface area contributed by atoms with Gasteiger partial charge in [-0.25, -0.2) is 0 Å². The van der Waals surface area contributed by atoms with E-state index in [0.717, 1.165) is 0 Å². The topological polar surface area (TPSA) is 67.8 Å². The van der Waals surface area contributed by atoms with Crippen molar-refractivity contribution in [3.63, 3.8) is 0 Å². The van der Waals surface area contributed by atoms with Crippen LogP contribution in [0.1, 0.15) is 20.3 Å². The first-order valence-electron chi connectivity index (χ1n) is 4.85. The minimum Gasteiger partial charge on any atom is -0.387 e. The smallest absolute Gasteiger partial charge is 0.245 e. The average Bonchev–Trinajstić information content (AvgIpc) is 2.18. The summed E-state index contributed by atoms with van der Waals surface area (Å²) < 4.78 is 10.5. The lowest BCUT2D eigenvalue weighted by Gasteiger charge is -2.16. The monoisotopic (exact) mass is 205 g/mol. The minimum atomic E-state index is -0.478. The molecule has 0 aromatic heterocycles. The lowest BCUT2D eigenvalue weighted by Crippen LogP contribution is -2.30. The zero-order valence-corrected chi connectivity index (χ0v) is 8.78. The first-order valence-corrected chi connectivity index (χ1v) is 4.85. The Morgan fingerprint density at radius 1 is 1.36 bits per heavy atom. The Hall–Kier alpha value is -0.650. The van der Waals surface area contributed by atoms with Gasteiger partial charge in [-0.3, -0.25) is 4.79 Å². The number of hydrogen-bond acceptors (Lipinski definition) is 4. The van der Waals surface area contributed by atoms with E-state index in [0.29, 0.717) is 26.2 Å². The summed E-state index contributed by atoms with van der Waals surface area (Å²) in [4.78, 5) is 10.7. The Morgan fingerprint density at radius 2 is 1.93 bits per heavy atom. The van der Waals surface area contributed by atoms with Crippen LogP contribution in [0.3, 0.4) is 0 Å². The Kier molecular flexibility index (Phi) is 8.51. The molecule has 0 spiro atoms. The molecule has 5 nitrogen and oxygen atoms in total. The van der Waals surface area contributed by atoms with Crippen LogP contribution in [-0.2, 0) is 14.3 Å². The number of aliphatic hydroxyl groups is 1. The predicted octanol–water partition coefficient (Wildman–Crippen LogP) is -0.116. The van der Waals surface area contributed by atoms with Crippen LogP contribution in [0.5, 0.6) is 0 Å². The van der Waals surface area contributed by atoms with Gasteiger partial charge < -0.3 is 19.9 Å². The molecule has 0 aromatic carbocycles. The molecular weight excluding hydrogens is 186 g/mol. The van der Waals surface area contributed by atoms with Gasteiger partial charge in [-0.05, 0) is 13.8 Å². The molecule has 0 unspecified atom stereocenters. The number of rotatable bonds is 8. The minimum absolute atomic E-state index is 0.274. The zero-order chi connectivity index (χ0) is 10.8. The van der Waals surface area contributed by atoms with Crippen LogP contribution < -0.4 is 5.32 Å². The molecule has 84 valence electrons. The highest BCUT2D eigenvalue weighted by atomic mass is 16.7. The van der Waals surface area contributed by atoms with E-state index in [4.69, 9.17) is 14.6 Å². The van der Waals surface area contributed by atoms with E-state index in [9.17, 15) is 4.79 Å². The second-order valence-electron chi connectivity index (χ2n) is 2.64. The third-order valence-electron chi connectivity index (χ3n) is 1.55. The van der Waals surface area contributed by atoms with Crippen LogP contribution in [0, 0.1) is 0 Å². The maximum Gasteiger partial charge on any atom is 0.245 e. The molecular formula is C9H19NO4. The van der Waals surface area contributed by atoms with Crippen LogP contribution in [-0.4, -0.2) is 43.7 Å². The van der Waals surface area contributed by atoms with Crippen molar-refractivity contribution < 1.29 is 19.4 Å². The molecule has 5 heteroatoms. The van der Waals surface area contributed by atoms with Crippen molar-refractivity contribution in [2.24, 2.45) is 0 Å². The number of hydrogen-bond donors (Lipinski definition) is 2. The number of amides is 1. The second-order valence-corrected chi connectivity index (χ2v) is 2.64. The summed E-state index contributed by atoms with van der Waals surface area (Å²) in [5.74, 6) is -0.378. The molecule has 1 amide bonds. The highest BCUT2D eigenvalue weighted by Crippen LogP contribution is 1.99. The van der Waals surface area contributed by atoms with E-state index < -0.39 is 6.61 Å². The maximum atomic E-state index is 10.7. The van der Waals surface area contributed by atoms with Crippen molar-refractivity contribution in [3.05, 3.63) is 0 Å². The molecule has 0 rings (SSSR count). The van der Waals surface area contributed by atoms with Crippen molar-refractivity contribution in [2.45, 2.75) is 26.6 Å². The average molecular weight is 205 g/mol. The molecule has 0 aliphatic rings. The van der Waals surface area contributed by atoms with Crippen LogP contribution in [0.25, 0.3) is 0 Å². The molecule has 2 N–H and O–H groups in total. The second kappa shape index (κ2) is 8.93. The molecule has 0 bridgehead atoms. The van der Waals surface area contributed by atoms with E-state index in [1.807, 2.05) is 13.8 Å². The summed E-state index contributed by atoms with van der Waals surface area (Å²) in [7, 11) is 0. The fraction of sp³-hybridized carbons (Fsp3) is 0.889. The maximum absolute atomic E-state index is 10.7. The summed E-state index contributed by atoms with van der Waals surface area (Å²) in [6.07, 6.45) is 0.317. The van der Waals surface area contributed by atoms with Gasteiger partial charge in [0.2, 0.25) is 5.91 Å². The number of carbonyl (C=O) groups is 1. The molecule has 0 aliphatic carbocycles. The third-order valence-corrected chi connectivity index (χ3v) is 1.55. The summed E-state index contributed by atoms with van der Waals surface area (Å²) in [6.45, 7) is 4.91. The van der Waals surface area contributed by atoms with Crippen molar-refractivity contribution >= 4 is 5.91 Å². The molecule has 0 aromatic rings. The first kappa shape index (κ1) is 13.4. The standard InChI is InChI=1S/C9H19NO4/c1-3-13-9(14-4-2)5-6-10-8(12)7-11/h9,11H,3-7H2,1-2H3,(H,10,12). The van der Waals surface area contributed by atoms with Gasteiger partial charge >= 0.3 is 0 Å². The van der Waals surface area contributed by atoms with Crippen LogP contribution >= 0.6 is 0 Å². The Morgan fingerprint density at radius 3 is 2.36 bits per heavy atom. The fourth-order valence-corrected chi connectivity index (χ4v) is 0.972. The quantitative estimate of drug-likeness (QED) is 0.542. The lowest BCUT2D eigenvalue weighted by atomic mass is 10.4. The van der Waals surface area contributed by atoms with Gasteiger partial charge in [-0.2, -0.15) is 0 Å². The summed E-state index contributed by atoms with van der Waals surface area (Å²) in [6, 6.07) is 0. The SMILES string of the molecule is CCOC(CCNC(=O)CO)OCC. The van der Waals surface area contributed by atoms with Gasteiger partial charge in [-0.15, -0.1) is 0 Å². The molecule has 0 radical (unpaired) electrons. The molecule has 0 heterocycles. The molecule has 0 saturated heterocycles. The van der Waals surface area contributed by atoms with E-state index in [1.54, 1.807) is 0 Å². The van der Waals surface area contributed by atoms with Crippen molar-refractivity contribution in [3.8, 4) is 0 Å². The van der Waals surface area contributed by atoms with E-state index in [2.05, 4.69) is 5.32 Å². The fourth-order valence-electron chi connectivity index (χ4n) is 0.972. The molecule has 0 saturated carbocycles. The van der Waals surface area contributed by atoms with Crippen molar-refractivity contribution in [1.82, 2.24) is 5.32 Å². The largest absolute Gasteiger partial charge is 0.387 e. The first-order chi connectivity index (χ1) is 6.74. The Balaban J connectivity index is 3.54. The van der Waals surface area contributed by atoms with Gasteiger partial charge in [0.25, 0.3) is 0 Å². The number of carbonyl (C=O) groups excluding carboxylic acids is 1. The van der Waals surface area contributed by atoms with Gasteiger partial charge in [0.05, 0.1) is 0 Å². The van der Waals surface area contributed by atoms with Gasteiger partial charge in [0.1, 0.15) is 6.61 Å². The highest BCUT2D eigenvalue weighted by molar-refractivity contribution is 5.76. The third kappa shape index (κ3) is 6.82. The number of aliphatic hydroxyl groups excluding tert-OH is 1. The Labute approximate surface area is 84.4 Å². The molecule has 0 aliphatic heterocycles. The molecule has 0 fully saturated rings. The van der Waals surface area contributed by atoms with Gasteiger partial charge in [0, 0.05) is 26.2 Å². The van der Waals surface area contributed by atoms with Gasteiger partial charge in [0.15, 0.2) is 6.29 Å². The van der Waals surface area contributed by atoms with Crippen LogP contribution in [0.2, 0.25) is 0 Å². The molecule has 0 atom stereocenters. The van der Waals surface area contributed by atoms with Crippen LogP contribution in [0.4, 0.5) is 0 Å². The summed E-state index contributed by atoms with van der Waals surface area (Å²) in [5.41, 5.74) is 0. The predicted molar refractivity (Wildman–Crippen MR) is 51.8 cm³/mol. The van der Waals surface area contributed by atoms with Gasteiger partial charge in [-0.1, -0.05) is 0 Å². The normalized spacial score (nSPS) is 10.6. The van der Waals surface area contributed by atoms with E-state index >= 15 is 0 Å². The summed E-state index contributed by atoms with van der Waals surface area (Å²) >= 11 is 0. The van der Waals surface area contributed by atoms with Crippen molar-refractivity contribution in [2.75, 3.05) is 26.4 Å². The zero-order valence-electron chi connectivity index (χ0n) is 8.78. The lowest BCUT2D eigenvalue weighted by molar-refractivity contribution is -0.140. The van der Waals surface area contributed by atoms with E-state index in [1.165, 1.54) is 0 Å². The number of ether oxygens (including phenoxy) is 2. The number of nitrogens with one attached hydrogen (secondary N) is 1. The van der Waals surface area contributed by atoms with Crippen LogP contribution in [0.15, 0.2) is 0 Å². The Bertz CT molecular complexity index is 146. The van der Waals surface area contributed by atoms with Crippen molar-refractivity contribution in [1.29, 1.82) is 0 Å².